The lowest BCUT2D eigenvalue weighted by molar-refractivity contribution is 0.0957. The molecule has 2 aromatic rings. The molecular formula is C14H16N4O. The maximum atomic E-state index is 11.9. The number of nitrogens with zero attached hydrogens (tertiary/aromatic N) is 2. The zero-order valence-electron chi connectivity index (χ0n) is 10.8. The second-order valence-electron chi connectivity index (χ2n) is 4.50. The van der Waals surface area contributed by atoms with Gasteiger partial charge in [-0.2, -0.15) is 0 Å². The molecule has 0 saturated heterocycles. The van der Waals surface area contributed by atoms with Gasteiger partial charge < -0.3 is 15.2 Å². The van der Waals surface area contributed by atoms with Crippen LogP contribution in [-0.4, -0.2) is 29.1 Å². The van der Waals surface area contributed by atoms with Crippen molar-refractivity contribution in [3.63, 3.8) is 0 Å². The first-order valence-corrected chi connectivity index (χ1v) is 6.39. The molecule has 2 heterocycles. The van der Waals surface area contributed by atoms with Crippen LogP contribution < -0.4 is 10.6 Å². The summed E-state index contributed by atoms with van der Waals surface area (Å²) in [6, 6.07) is 9.98. The highest BCUT2D eigenvalue weighted by molar-refractivity contribution is 5.94. The number of benzene rings is 1. The first kappa shape index (κ1) is 11.9. The SMILES string of the molecule is CNC(=O)c1nc(-c2ccccc2)n2c1CNCC2. The molecule has 1 aromatic carbocycles. The Kier molecular flexibility index (Phi) is 3.05. The van der Waals surface area contributed by atoms with E-state index in [1.807, 2.05) is 30.3 Å². The normalized spacial score (nSPS) is 13.9. The number of rotatable bonds is 2. The van der Waals surface area contributed by atoms with E-state index in [1.165, 1.54) is 0 Å². The molecule has 19 heavy (non-hydrogen) atoms. The van der Waals surface area contributed by atoms with Crippen molar-refractivity contribution >= 4 is 5.91 Å². The van der Waals surface area contributed by atoms with Gasteiger partial charge >= 0.3 is 0 Å². The Labute approximate surface area is 111 Å². The zero-order valence-corrected chi connectivity index (χ0v) is 10.8. The van der Waals surface area contributed by atoms with Crippen molar-refractivity contribution < 1.29 is 4.79 Å². The third kappa shape index (κ3) is 2.02. The first-order valence-electron chi connectivity index (χ1n) is 6.39. The van der Waals surface area contributed by atoms with Crippen molar-refractivity contribution in [1.82, 2.24) is 20.2 Å². The third-order valence-corrected chi connectivity index (χ3v) is 3.35. The summed E-state index contributed by atoms with van der Waals surface area (Å²) >= 11 is 0. The van der Waals surface area contributed by atoms with Gasteiger partial charge in [-0.15, -0.1) is 0 Å². The number of imidazole rings is 1. The Balaban J connectivity index is 2.15. The summed E-state index contributed by atoms with van der Waals surface area (Å²) in [5.41, 5.74) is 2.53. The van der Waals surface area contributed by atoms with Gasteiger partial charge in [0.1, 0.15) is 5.82 Å². The highest BCUT2D eigenvalue weighted by Gasteiger charge is 2.23. The lowest BCUT2D eigenvalue weighted by Crippen LogP contribution is -2.30. The van der Waals surface area contributed by atoms with E-state index < -0.39 is 0 Å². The molecule has 1 aromatic heterocycles. The number of fused-ring (bicyclic) bond motifs is 1. The summed E-state index contributed by atoms with van der Waals surface area (Å²) < 4.78 is 2.14. The number of amides is 1. The van der Waals surface area contributed by atoms with Crippen LogP contribution in [0.1, 0.15) is 16.2 Å². The van der Waals surface area contributed by atoms with E-state index in [1.54, 1.807) is 7.05 Å². The maximum absolute atomic E-state index is 11.9. The fourth-order valence-corrected chi connectivity index (χ4v) is 2.41. The Bertz CT molecular complexity index is 603. The van der Waals surface area contributed by atoms with Gasteiger partial charge in [-0.05, 0) is 0 Å². The molecule has 0 unspecified atom stereocenters. The molecule has 3 rings (SSSR count). The van der Waals surface area contributed by atoms with E-state index in [0.29, 0.717) is 12.2 Å². The molecule has 5 nitrogen and oxygen atoms in total. The topological polar surface area (TPSA) is 59.0 Å². The Morgan fingerprint density at radius 2 is 2.16 bits per heavy atom. The van der Waals surface area contributed by atoms with Crippen molar-refractivity contribution in [1.29, 1.82) is 0 Å². The Morgan fingerprint density at radius 1 is 1.37 bits per heavy atom. The van der Waals surface area contributed by atoms with Crippen molar-refractivity contribution in [3.05, 3.63) is 41.7 Å². The van der Waals surface area contributed by atoms with Crippen molar-refractivity contribution in [2.75, 3.05) is 13.6 Å². The number of carbonyl (C=O) groups excluding carboxylic acids is 1. The minimum absolute atomic E-state index is 0.130. The molecule has 0 aliphatic carbocycles. The maximum Gasteiger partial charge on any atom is 0.271 e. The second-order valence-corrected chi connectivity index (χ2v) is 4.50. The Hall–Kier alpha value is -2.14. The van der Waals surface area contributed by atoms with Crippen molar-refractivity contribution in [3.8, 4) is 11.4 Å². The van der Waals surface area contributed by atoms with Crippen LogP contribution in [0.25, 0.3) is 11.4 Å². The molecule has 0 atom stereocenters. The molecule has 1 aliphatic heterocycles. The van der Waals surface area contributed by atoms with Gasteiger partial charge in [-0.3, -0.25) is 4.79 Å². The van der Waals surface area contributed by atoms with Crippen molar-refractivity contribution in [2.24, 2.45) is 0 Å². The van der Waals surface area contributed by atoms with Gasteiger partial charge in [-0.1, -0.05) is 30.3 Å². The fourth-order valence-electron chi connectivity index (χ4n) is 2.41. The van der Waals surface area contributed by atoms with Crippen LogP contribution in [0.5, 0.6) is 0 Å². The highest BCUT2D eigenvalue weighted by Crippen LogP contribution is 2.24. The molecule has 5 heteroatoms. The molecule has 1 aliphatic rings. The minimum Gasteiger partial charge on any atom is -0.354 e. The quantitative estimate of drug-likeness (QED) is 0.843. The summed E-state index contributed by atoms with van der Waals surface area (Å²) in [4.78, 5) is 16.5. The summed E-state index contributed by atoms with van der Waals surface area (Å²) in [5, 5.41) is 5.94. The van der Waals surface area contributed by atoms with E-state index in [4.69, 9.17) is 0 Å². The van der Waals surface area contributed by atoms with E-state index in [-0.39, 0.29) is 5.91 Å². The minimum atomic E-state index is -0.130. The summed E-state index contributed by atoms with van der Waals surface area (Å²) in [7, 11) is 1.63. The van der Waals surface area contributed by atoms with E-state index >= 15 is 0 Å². The number of hydrogen-bond acceptors (Lipinski definition) is 3. The lowest BCUT2D eigenvalue weighted by Gasteiger charge is -2.18. The smallest absolute Gasteiger partial charge is 0.271 e. The molecular weight excluding hydrogens is 240 g/mol. The molecule has 0 radical (unpaired) electrons. The third-order valence-electron chi connectivity index (χ3n) is 3.35. The predicted octanol–water partition coefficient (Wildman–Crippen LogP) is 1.01. The van der Waals surface area contributed by atoms with Gasteiger partial charge in [0, 0.05) is 32.2 Å². The van der Waals surface area contributed by atoms with Crippen LogP contribution in [0.15, 0.2) is 30.3 Å². The fraction of sp³-hybridized carbons (Fsp3) is 0.286. The van der Waals surface area contributed by atoms with Crippen LogP contribution in [0.3, 0.4) is 0 Å². The summed E-state index contributed by atoms with van der Waals surface area (Å²) in [6.45, 7) is 2.42. The number of aromatic nitrogens is 2. The first-order chi connectivity index (χ1) is 9.31. The van der Waals surface area contributed by atoms with Crippen LogP contribution in [0.4, 0.5) is 0 Å². The largest absolute Gasteiger partial charge is 0.354 e. The van der Waals surface area contributed by atoms with Gasteiger partial charge in [0.25, 0.3) is 5.91 Å². The van der Waals surface area contributed by atoms with Crippen LogP contribution in [-0.2, 0) is 13.1 Å². The molecule has 1 amide bonds. The van der Waals surface area contributed by atoms with Gasteiger partial charge in [0.05, 0.1) is 5.69 Å². The zero-order chi connectivity index (χ0) is 13.2. The average molecular weight is 256 g/mol. The van der Waals surface area contributed by atoms with E-state index in [0.717, 1.165) is 30.2 Å². The Morgan fingerprint density at radius 3 is 2.89 bits per heavy atom. The number of hydrogen-bond donors (Lipinski definition) is 2. The molecule has 0 fully saturated rings. The molecule has 0 saturated carbocycles. The predicted molar refractivity (Wildman–Crippen MR) is 72.8 cm³/mol. The number of carbonyl (C=O) groups is 1. The van der Waals surface area contributed by atoms with E-state index in [2.05, 4.69) is 20.2 Å². The lowest BCUT2D eigenvalue weighted by atomic mass is 10.2. The molecule has 2 N–H and O–H groups in total. The van der Waals surface area contributed by atoms with Crippen molar-refractivity contribution in [2.45, 2.75) is 13.1 Å². The average Bonchev–Trinajstić information content (AvgIpc) is 2.87. The van der Waals surface area contributed by atoms with Gasteiger partial charge in [0.15, 0.2) is 5.69 Å². The second kappa shape index (κ2) is 4.85. The van der Waals surface area contributed by atoms with E-state index in [9.17, 15) is 4.79 Å². The molecule has 98 valence electrons. The van der Waals surface area contributed by atoms with Gasteiger partial charge in [-0.25, -0.2) is 4.98 Å². The molecule has 0 bridgehead atoms. The van der Waals surface area contributed by atoms with Crippen LogP contribution in [0.2, 0.25) is 0 Å². The van der Waals surface area contributed by atoms with Crippen LogP contribution >= 0.6 is 0 Å². The molecule has 0 spiro atoms. The standard InChI is InChI=1S/C14H16N4O/c1-15-14(19)12-11-9-16-7-8-18(11)13(17-12)10-5-3-2-4-6-10/h2-6,16H,7-9H2,1H3,(H,15,19). The van der Waals surface area contributed by atoms with Gasteiger partial charge in [0.2, 0.25) is 0 Å². The summed E-state index contributed by atoms with van der Waals surface area (Å²) in [6.07, 6.45) is 0. The highest BCUT2D eigenvalue weighted by atomic mass is 16.1. The monoisotopic (exact) mass is 256 g/mol. The van der Waals surface area contributed by atoms with Crippen LogP contribution in [0, 0.1) is 0 Å². The number of nitrogens with one attached hydrogen (secondary N) is 2. The summed E-state index contributed by atoms with van der Waals surface area (Å²) in [5.74, 6) is 0.741.